The molecular formula is C14H10N2O3S. The van der Waals surface area contributed by atoms with E-state index in [9.17, 15) is 9.59 Å². The lowest BCUT2D eigenvalue weighted by molar-refractivity contribution is 0.0702. The zero-order valence-corrected chi connectivity index (χ0v) is 11.1. The summed E-state index contributed by atoms with van der Waals surface area (Å²) in [7, 11) is 0. The number of para-hydroxylation sites is 2. The fourth-order valence-corrected chi connectivity index (χ4v) is 2.85. The van der Waals surface area contributed by atoms with Crippen LogP contribution in [0.15, 0.2) is 47.4 Å². The maximum absolute atomic E-state index is 12.0. The number of rotatable bonds is 3. The van der Waals surface area contributed by atoms with Gasteiger partial charge in [0.2, 0.25) is 0 Å². The lowest BCUT2D eigenvalue weighted by Crippen LogP contribution is -2.20. The smallest absolute Gasteiger partial charge is 0.345 e. The number of aromatic nitrogens is 2. The number of carboxylic acids is 1. The number of aromatic carboxylic acids is 1. The van der Waals surface area contributed by atoms with E-state index in [0.29, 0.717) is 6.54 Å². The van der Waals surface area contributed by atoms with Gasteiger partial charge in [0.15, 0.2) is 0 Å². The summed E-state index contributed by atoms with van der Waals surface area (Å²) in [6.07, 6.45) is 1.29. The summed E-state index contributed by atoms with van der Waals surface area (Å²) in [6, 6.07) is 10.7. The van der Waals surface area contributed by atoms with Gasteiger partial charge in [-0.05, 0) is 24.3 Å². The summed E-state index contributed by atoms with van der Waals surface area (Å²) in [4.78, 5) is 28.0. The molecule has 1 N–H and O–H groups in total. The Hall–Kier alpha value is -2.47. The van der Waals surface area contributed by atoms with Gasteiger partial charge < -0.3 is 9.67 Å². The normalized spacial score (nSPS) is 10.8. The first-order valence-electron chi connectivity index (χ1n) is 5.92. The number of thiophene rings is 1. The van der Waals surface area contributed by atoms with Crippen molar-refractivity contribution < 1.29 is 9.90 Å². The van der Waals surface area contributed by atoms with E-state index < -0.39 is 5.97 Å². The van der Waals surface area contributed by atoms with Gasteiger partial charge in [-0.15, -0.1) is 11.3 Å². The van der Waals surface area contributed by atoms with E-state index in [0.717, 1.165) is 15.9 Å². The second-order valence-corrected chi connectivity index (χ2v) is 5.41. The van der Waals surface area contributed by atoms with Crippen LogP contribution in [0.4, 0.5) is 0 Å². The minimum absolute atomic E-state index is 0.200. The summed E-state index contributed by atoms with van der Waals surface area (Å²) in [6.45, 7) is 0.347. The highest BCUT2D eigenvalue weighted by molar-refractivity contribution is 7.13. The van der Waals surface area contributed by atoms with E-state index in [1.54, 1.807) is 16.7 Å². The Morgan fingerprint density at radius 1 is 1.25 bits per heavy atom. The van der Waals surface area contributed by atoms with Gasteiger partial charge in [-0.1, -0.05) is 12.1 Å². The molecule has 3 aromatic rings. The SMILES string of the molecule is O=C(O)c1ccc(Cn2c(=O)cnc3ccccc32)s1. The van der Waals surface area contributed by atoms with Gasteiger partial charge in [0, 0.05) is 4.88 Å². The molecule has 0 aliphatic heterocycles. The maximum Gasteiger partial charge on any atom is 0.345 e. The van der Waals surface area contributed by atoms with E-state index in [2.05, 4.69) is 4.98 Å². The van der Waals surface area contributed by atoms with Crippen LogP contribution in [0.2, 0.25) is 0 Å². The van der Waals surface area contributed by atoms with Crippen LogP contribution < -0.4 is 5.56 Å². The predicted molar refractivity (Wildman–Crippen MR) is 76.4 cm³/mol. The maximum atomic E-state index is 12.0. The predicted octanol–water partition coefficient (Wildman–Crippen LogP) is 2.20. The molecule has 0 atom stereocenters. The quantitative estimate of drug-likeness (QED) is 0.801. The molecule has 20 heavy (non-hydrogen) atoms. The third kappa shape index (κ3) is 2.21. The lowest BCUT2D eigenvalue weighted by Gasteiger charge is -2.07. The second kappa shape index (κ2) is 4.90. The van der Waals surface area contributed by atoms with Crippen LogP contribution in [0, 0.1) is 0 Å². The Kier molecular flexibility index (Phi) is 3.08. The molecule has 2 aromatic heterocycles. The highest BCUT2D eigenvalue weighted by Crippen LogP contribution is 2.18. The third-order valence-corrected chi connectivity index (χ3v) is 4.00. The Balaban J connectivity index is 2.07. The van der Waals surface area contributed by atoms with E-state index in [4.69, 9.17) is 5.11 Å². The number of carboxylic acid groups (broad SMARTS) is 1. The van der Waals surface area contributed by atoms with Crippen LogP contribution in [-0.2, 0) is 6.54 Å². The first-order valence-corrected chi connectivity index (χ1v) is 6.73. The van der Waals surface area contributed by atoms with Crippen molar-refractivity contribution in [3.05, 3.63) is 62.7 Å². The average molecular weight is 286 g/mol. The summed E-state index contributed by atoms with van der Waals surface area (Å²) >= 11 is 1.17. The Morgan fingerprint density at radius 3 is 2.80 bits per heavy atom. The second-order valence-electron chi connectivity index (χ2n) is 4.24. The third-order valence-electron chi connectivity index (χ3n) is 2.94. The van der Waals surface area contributed by atoms with Crippen molar-refractivity contribution in [2.75, 3.05) is 0 Å². The summed E-state index contributed by atoms with van der Waals surface area (Å²) in [5.74, 6) is -0.951. The molecule has 0 fully saturated rings. The van der Waals surface area contributed by atoms with Gasteiger partial charge in [-0.3, -0.25) is 4.79 Å². The molecule has 1 aromatic carbocycles. The Labute approximate surface area is 117 Å². The summed E-state index contributed by atoms with van der Waals surface area (Å²) < 4.78 is 1.60. The number of benzene rings is 1. The minimum atomic E-state index is -0.951. The molecule has 0 saturated heterocycles. The van der Waals surface area contributed by atoms with Gasteiger partial charge in [-0.2, -0.15) is 0 Å². The molecule has 6 heteroatoms. The topological polar surface area (TPSA) is 72.2 Å². The van der Waals surface area contributed by atoms with Crippen LogP contribution in [0.1, 0.15) is 14.5 Å². The summed E-state index contributed by atoms with van der Waals surface area (Å²) in [5.41, 5.74) is 1.28. The van der Waals surface area contributed by atoms with Crippen LogP contribution >= 0.6 is 11.3 Å². The van der Waals surface area contributed by atoms with Crippen molar-refractivity contribution in [2.24, 2.45) is 0 Å². The molecule has 5 nitrogen and oxygen atoms in total. The van der Waals surface area contributed by atoms with Crippen LogP contribution in [0.25, 0.3) is 11.0 Å². The molecule has 3 rings (SSSR count). The first kappa shape index (κ1) is 12.6. The molecular weight excluding hydrogens is 276 g/mol. The van der Waals surface area contributed by atoms with Crippen molar-refractivity contribution in [3.8, 4) is 0 Å². The zero-order valence-electron chi connectivity index (χ0n) is 10.3. The van der Waals surface area contributed by atoms with Crippen molar-refractivity contribution in [1.82, 2.24) is 9.55 Å². The highest BCUT2D eigenvalue weighted by Gasteiger charge is 2.09. The molecule has 0 aliphatic rings. The zero-order chi connectivity index (χ0) is 14.1. The minimum Gasteiger partial charge on any atom is -0.477 e. The summed E-state index contributed by atoms with van der Waals surface area (Å²) in [5, 5.41) is 8.92. The number of hydrogen-bond donors (Lipinski definition) is 1. The van der Waals surface area contributed by atoms with E-state index in [1.807, 2.05) is 24.3 Å². The molecule has 0 amide bonds. The molecule has 0 bridgehead atoms. The van der Waals surface area contributed by atoms with E-state index in [-0.39, 0.29) is 10.4 Å². The van der Waals surface area contributed by atoms with Crippen molar-refractivity contribution in [2.45, 2.75) is 6.54 Å². The standard InChI is InChI=1S/C14H10N2O3S/c17-13-7-15-10-3-1-2-4-11(10)16(13)8-9-5-6-12(20-9)14(18)19/h1-7H,8H2,(H,18,19). The largest absolute Gasteiger partial charge is 0.477 e. The van der Waals surface area contributed by atoms with Gasteiger partial charge in [0.25, 0.3) is 5.56 Å². The fraction of sp³-hybridized carbons (Fsp3) is 0.0714. The molecule has 0 spiro atoms. The van der Waals surface area contributed by atoms with Gasteiger partial charge in [0.05, 0.1) is 23.8 Å². The highest BCUT2D eigenvalue weighted by atomic mass is 32.1. The van der Waals surface area contributed by atoms with Gasteiger partial charge >= 0.3 is 5.97 Å². The van der Waals surface area contributed by atoms with Crippen LogP contribution in [0.5, 0.6) is 0 Å². The van der Waals surface area contributed by atoms with Crippen LogP contribution in [-0.4, -0.2) is 20.6 Å². The number of hydrogen-bond acceptors (Lipinski definition) is 4. The lowest BCUT2D eigenvalue weighted by atomic mass is 10.3. The molecule has 0 unspecified atom stereocenters. The van der Waals surface area contributed by atoms with Crippen molar-refractivity contribution >= 4 is 28.3 Å². The number of fused-ring (bicyclic) bond motifs is 1. The molecule has 0 aliphatic carbocycles. The number of carbonyl (C=O) groups is 1. The van der Waals surface area contributed by atoms with Crippen molar-refractivity contribution in [3.63, 3.8) is 0 Å². The Bertz CT molecular complexity index is 851. The average Bonchev–Trinajstić information content (AvgIpc) is 2.91. The monoisotopic (exact) mass is 286 g/mol. The van der Waals surface area contributed by atoms with Gasteiger partial charge in [-0.25, -0.2) is 9.78 Å². The molecule has 0 saturated carbocycles. The van der Waals surface area contributed by atoms with Crippen molar-refractivity contribution in [1.29, 1.82) is 0 Å². The van der Waals surface area contributed by atoms with E-state index >= 15 is 0 Å². The first-order chi connectivity index (χ1) is 9.65. The fourth-order valence-electron chi connectivity index (χ4n) is 2.01. The number of nitrogens with zero attached hydrogens (tertiary/aromatic N) is 2. The molecule has 100 valence electrons. The molecule has 2 heterocycles. The van der Waals surface area contributed by atoms with Crippen LogP contribution in [0.3, 0.4) is 0 Å². The van der Waals surface area contributed by atoms with Gasteiger partial charge in [0.1, 0.15) is 4.88 Å². The molecule has 0 radical (unpaired) electrons. The van der Waals surface area contributed by atoms with E-state index in [1.165, 1.54) is 17.5 Å². The Morgan fingerprint density at radius 2 is 2.05 bits per heavy atom.